The van der Waals surface area contributed by atoms with Gasteiger partial charge in [-0.3, -0.25) is 4.79 Å². The van der Waals surface area contributed by atoms with E-state index in [1.807, 2.05) is 54.5 Å². The highest BCUT2D eigenvalue weighted by atomic mass is 16.6. The zero-order valence-electron chi connectivity index (χ0n) is 15.1. The van der Waals surface area contributed by atoms with Crippen LogP contribution in [0.2, 0.25) is 0 Å². The van der Waals surface area contributed by atoms with Crippen molar-refractivity contribution in [1.29, 1.82) is 0 Å². The van der Waals surface area contributed by atoms with E-state index >= 15 is 0 Å². The Morgan fingerprint density at radius 2 is 1.55 bits per heavy atom. The summed E-state index contributed by atoms with van der Waals surface area (Å²) in [6.07, 6.45) is 3.18. The zero-order chi connectivity index (χ0) is 17.5. The molecule has 5 heteroatoms. The van der Waals surface area contributed by atoms with E-state index in [2.05, 4.69) is 5.32 Å². The number of carbonyl (C=O) groups is 2. The van der Waals surface area contributed by atoms with Gasteiger partial charge >= 0.3 is 12.1 Å². The van der Waals surface area contributed by atoms with Crippen LogP contribution in [-0.4, -0.2) is 30.8 Å². The molecule has 0 radical (unpaired) electrons. The molecule has 0 fully saturated rings. The summed E-state index contributed by atoms with van der Waals surface area (Å²) in [6.45, 7) is 13.4. The zero-order valence-corrected chi connectivity index (χ0v) is 15.1. The number of alkyl carbamates (subject to hydrolysis) is 1. The third kappa shape index (κ3) is 8.05. The molecule has 1 unspecified atom stereocenters. The highest BCUT2D eigenvalue weighted by Gasteiger charge is 2.23. The van der Waals surface area contributed by atoms with Crippen molar-refractivity contribution in [2.24, 2.45) is 17.8 Å². The van der Waals surface area contributed by atoms with E-state index in [1.54, 1.807) is 6.08 Å². The first-order chi connectivity index (χ1) is 9.97. The quantitative estimate of drug-likeness (QED) is 0.602. The molecule has 0 aromatic heterocycles. The summed E-state index contributed by atoms with van der Waals surface area (Å²) in [6, 6.07) is -0.208. The topological polar surface area (TPSA) is 64.6 Å². The molecule has 0 spiro atoms. The van der Waals surface area contributed by atoms with Gasteiger partial charge in [-0.05, 0) is 32.6 Å². The summed E-state index contributed by atoms with van der Waals surface area (Å²) in [4.78, 5) is 23.6. The highest BCUT2D eigenvalue weighted by molar-refractivity contribution is 5.74. The largest absolute Gasteiger partial charge is 0.469 e. The van der Waals surface area contributed by atoms with Crippen molar-refractivity contribution in [1.82, 2.24) is 5.32 Å². The lowest BCUT2D eigenvalue weighted by Crippen LogP contribution is -2.40. The number of hydrogen-bond acceptors (Lipinski definition) is 4. The van der Waals surface area contributed by atoms with Crippen molar-refractivity contribution in [3.63, 3.8) is 0 Å². The number of hydrogen-bond donors (Lipinski definition) is 1. The van der Waals surface area contributed by atoms with Crippen molar-refractivity contribution in [2.75, 3.05) is 7.11 Å². The average molecular weight is 313 g/mol. The Hall–Kier alpha value is -1.52. The molecule has 2 atom stereocenters. The predicted octanol–water partition coefficient (Wildman–Crippen LogP) is 3.54. The second kappa shape index (κ2) is 8.81. The number of rotatable bonds is 6. The predicted molar refractivity (Wildman–Crippen MR) is 87.5 cm³/mol. The number of carbonyl (C=O) groups excluding carboxylic acids is 2. The molecule has 0 saturated carbocycles. The minimum Gasteiger partial charge on any atom is -0.469 e. The molecular weight excluding hydrogens is 282 g/mol. The molecular formula is C17H31NO4. The van der Waals surface area contributed by atoms with E-state index in [4.69, 9.17) is 9.47 Å². The summed E-state index contributed by atoms with van der Waals surface area (Å²) in [5.74, 6) is -0.301. The van der Waals surface area contributed by atoms with Crippen molar-refractivity contribution in [3.05, 3.63) is 12.2 Å². The van der Waals surface area contributed by atoms with Gasteiger partial charge in [0.2, 0.25) is 0 Å². The maximum Gasteiger partial charge on any atom is 0.408 e. The average Bonchev–Trinajstić information content (AvgIpc) is 2.34. The van der Waals surface area contributed by atoms with Gasteiger partial charge in [0.15, 0.2) is 0 Å². The van der Waals surface area contributed by atoms with E-state index in [-0.39, 0.29) is 29.8 Å². The van der Waals surface area contributed by atoms with E-state index in [1.165, 1.54) is 7.11 Å². The fourth-order valence-electron chi connectivity index (χ4n) is 1.83. The third-order valence-corrected chi connectivity index (χ3v) is 3.12. The molecule has 0 saturated heterocycles. The van der Waals surface area contributed by atoms with Crippen LogP contribution < -0.4 is 5.32 Å². The fourth-order valence-corrected chi connectivity index (χ4v) is 1.83. The van der Waals surface area contributed by atoms with Crippen molar-refractivity contribution in [3.8, 4) is 0 Å². The van der Waals surface area contributed by atoms with Crippen LogP contribution in [0.3, 0.4) is 0 Å². The Bertz CT molecular complexity index is 394. The Balaban J connectivity index is 4.93. The summed E-state index contributed by atoms with van der Waals surface area (Å²) in [5.41, 5.74) is -0.540. The minimum absolute atomic E-state index is 0.123. The molecule has 22 heavy (non-hydrogen) atoms. The number of esters is 1. The molecule has 128 valence electrons. The van der Waals surface area contributed by atoms with Gasteiger partial charge in [0.1, 0.15) is 5.60 Å². The second-order valence-electron chi connectivity index (χ2n) is 7.09. The lowest BCUT2D eigenvalue weighted by Gasteiger charge is -2.24. The van der Waals surface area contributed by atoms with Gasteiger partial charge in [-0.25, -0.2) is 4.79 Å². The summed E-state index contributed by atoms with van der Waals surface area (Å²) >= 11 is 0. The Morgan fingerprint density at radius 1 is 1.00 bits per heavy atom. The second-order valence-corrected chi connectivity index (χ2v) is 7.09. The molecule has 0 rings (SSSR count). The molecule has 1 N–H and O–H groups in total. The van der Waals surface area contributed by atoms with Gasteiger partial charge in [0.05, 0.1) is 19.1 Å². The first-order valence-corrected chi connectivity index (χ1v) is 7.73. The molecule has 0 aromatic rings. The highest BCUT2D eigenvalue weighted by Crippen LogP contribution is 2.16. The molecule has 1 amide bonds. The standard InChI is InChI=1S/C17H31NO4/c1-11(2)13(15(19)21-8)9-10-14(12(3)4)18-16(20)22-17(5,6)7/h9-14H,1-8H3,(H,18,20)/b10-9+/t13?,14-/m1/s1. The summed E-state index contributed by atoms with van der Waals surface area (Å²) in [5, 5.41) is 2.82. The van der Waals surface area contributed by atoms with Crippen molar-refractivity contribution >= 4 is 12.1 Å². The maximum absolute atomic E-state index is 11.9. The fraction of sp³-hybridized carbons (Fsp3) is 0.765. The van der Waals surface area contributed by atoms with Gasteiger partial charge in [-0.2, -0.15) is 0 Å². The number of methoxy groups -OCH3 is 1. The van der Waals surface area contributed by atoms with Crippen LogP contribution in [0, 0.1) is 17.8 Å². The molecule has 0 bridgehead atoms. The van der Waals surface area contributed by atoms with Gasteiger partial charge < -0.3 is 14.8 Å². The van der Waals surface area contributed by atoms with Crippen LogP contribution in [-0.2, 0) is 14.3 Å². The number of amides is 1. The van der Waals surface area contributed by atoms with Crippen LogP contribution in [0.5, 0.6) is 0 Å². The van der Waals surface area contributed by atoms with Crippen LogP contribution in [0.4, 0.5) is 4.79 Å². The van der Waals surface area contributed by atoms with Gasteiger partial charge in [-0.1, -0.05) is 39.8 Å². The Morgan fingerprint density at radius 3 is 1.91 bits per heavy atom. The van der Waals surface area contributed by atoms with Gasteiger partial charge in [0, 0.05) is 0 Å². The molecule has 0 heterocycles. The van der Waals surface area contributed by atoms with Crippen LogP contribution >= 0.6 is 0 Å². The summed E-state index contributed by atoms with van der Waals surface area (Å²) in [7, 11) is 1.38. The molecule has 0 aromatic carbocycles. The summed E-state index contributed by atoms with van der Waals surface area (Å²) < 4.78 is 10.1. The lowest BCUT2D eigenvalue weighted by molar-refractivity contribution is -0.145. The minimum atomic E-state index is -0.540. The normalized spacial score (nSPS) is 15.0. The van der Waals surface area contributed by atoms with E-state index < -0.39 is 11.7 Å². The Labute approximate surface area is 134 Å². The van der Waals surface area contributed by atoms with E-state index in [0.717, 1.165) is 0 Å². The maximum atomic E-state index is 11.9. The van der Waals surface area contributed by atoms with Crippen LogP contribution in [0.15, 0.2) is 12.2 Å². The molecule has 0 aliphatic heterocycles. The molecule has 5 nitrogen and oxygen atoms in total. The first kappa shape index (κ1) is 20.5. The molecule has 0 aliphatic carbocycles. The van der Waals surface area contributed by atoms with Gasteiger partial charge in [0.25, 0.3) is 0 Å². The third-order valence-electron chi connectivity index (χ3n) is 3.12. The smallest absolute Gasteiger partial charge is 0.408 e. The number of ether oxygens (including phenoxy) is 2. The lowest BCUT2D eigenvalue weighted by atomic mass is 9.93. The Kier molecular flexibility index (Phi) is 8.20. The van der Waals surface area contributed by atoms with E-state index in [0.29, 0.717) is 0 Å². The van der Waals surface area contributed by atoms with Crippen molar-refractivity contribution < 1.29 is 19.1 Å². The SMILES string of the molecule is COC(=O)C(/C=C/[C@@H](NC(=O)OC(C)(C)C)C(C)C)C(C)C. The molecule has 0 aliphatic rings. The van der Waals surface area contributed by atoms with Crippen LogP contribution in [0.1, 0.15) is 48.5 Å². The number of nitrogens with one attached hydrogen (secondary N) is 1. The monoisotopic (exact) mass is 313 g/mol. The van der Waals surface area contributed by atoms with Crippen molar-refractivity contribution in [2.45, 2.75) is 60.1 Å². The van der Waals surface area contributed by atoms with Crippen LogP contribution in [0.25, 0.3) is 0 Å². The first-order valence-electron chi connectivity index (χ1n) is 7.73. The van der Waals surface area contributed by atoms with E-state index in [9.17, 15) is 9.59 Å². The van der Waals surface area contributed by atoms with Gasteiger partial charge in [-0.15, -0.1) is 0 Å².